The quantitative estimate of drug-likeness (QED) is 0.605. The number of benzene rings is 1. The van der Waals surface area contributed by atoms with Crippen LogP contribution in [0.15, 0.2) is 30.6 Å². The maximum Gasteiger partial charge on any atom is 0.280 e. The molecular weight excluding hydrogens is 201 g/mol. The third kappa shape index (κ3) is 1.56. The third-order valence-electron chi connectivity index (χ3n) is 1.98. The Bertz CT molecular complexity index is 496. The van der Waals surface area contributed by atoms with E-state index in [0.717, 1.165) is 0 Å². The Labute approximate surface area is 83.7 Å². The van der Waals surface area contributed by atoms with Crippen LogP contribution >= 0.6 is 0 Å². The van der Waals surface area contributed by atoms with Gasteiger partial charge in [0.1, 0.15) is 5.82 Å². The number of rotatable bonds is 2. The van der Waals surface area contributed by atoms with Gasteiger partial charge in [-0.1, -0.05) is 6.07 Å². The SMILES string of the molecule is O=[N+]([O-])c1cccc(F)c1-c1cn[nH]c1. The lowest BCUT2D eigenvalue weighted by atomic mass is 10.1. The van der Waals surface area contributed by atoms with Crippen molar-refractivity contribution in [3.05, 3.63) is 46.5 Å². The fraction of sp³-hybridized carbons (Fsp3) is 0. The molecule has 1 aromatic carbocycles. The summed E-state index contributed by atoms with van der Waals surface area (Å²) in [4.78, 5) is 10.1. The van der Waals surface area contributed by atoms with Crippen LogP contribution in [0.2, 0.25) is 0 Å². The van der Waals surface area contributed by atoms with E-state index < -0.39 is 10.7 Å². The molecule has 1 heterocycles. The van der Waals surface area contributed by atoms with E-state index in [1.807, 2.05) is 0 Å². The molecule has 5 nitrogen and oxygen atoms in total. The van der Waals surface area contributed by atoms with Gasteiger partial charge in [0.15, 0.2) is 0 Å². The summed E-state index contributed by atoms with van der Waals surface area (Å²) in [5, 5.41) is 16.8. The summed E-state index contributed by atoms with van der Waals surface area (Å²) in [6, 6.07) is 3.73. The molecule has 0 saturated carbocycles. The standard InChI is InChI=1S/C9H6FN3O2/c10-7-2-1-3-8(13(14)15)9(7)6-4-11-12-5-6/h1-5H,(H,11,12). The number of hydrogen-bond donors (Lipinski definition) is 1. The van der Waals surface area contributed by atoms with Crippen molar-refractivity contribution in [1.82, 2.24) is 10.2 Å². The van der Waals surface area contributed by atoms with Gasteiger partial charge in [-0.2, -0.15) is 5.10 Å². The van der Waals surface area contributed by atoms with Gasteiger partial charge in [-0.25, -0.2) is 4.39 Å². The summed E-state index contributed by atoms with van der Waals surface area (Å²) in [7, 11) is 0. The third-order valence-corrected chi connectivity index (χ3v) is 1.98. The first kappa shape index (κ1) is 9.32. The molecule has 0 unspecified atom stereocenters. The van der Waals surface area contributed by atoms with Crippen molar-refractivity contribution in [1.29, 1.82) is 0 Å². The number of nitrogens with one attached hydrogen (secondary N) is 1. The van der Waals surface area contributed by atoms with Crippen LogP contribution in [-0.2, 0) is 0 Å². The van der Waals surface area contributed by atoms with Crippen molar-refractivity contribution >= 4 is 5.69 Å². The molecule has 0 radical (unpaired) electrons. The van der Waals surface area contributed by atoms with E-state index in [4.69, 9.17) is 0 Å². The highest BCUT2D eigenvalue weighted by molar-refractivity contribution is 5.72. The first-order valence-electron chi connectivity index (χ1n) is 4.12. The molecule has 0 bridgehead atoms. The molecule has 0 fully saturated rings. The van der Waals surface area contributed by atoms with Crippen LogP contribution in [0.1, 0.15) is 0 Å². The maximum absolute atomic E-state index is 13.4. The molecule has 1 N–H and O–H groups in total. The second-order valence-electron chi connectivity index (χ2n) is 2.88. The van der Waals surface area contributed by atoms with Gasteiger partial charge in [0.05, 0.1) is 16.7 Å². The molecule has 1 aromatic heterocycles. The van der Waals surface area contributed by atoms with Crippen LogP contribution in [0.3, 0.4) is 0 Å². The van der Waals surface area contributed by atoms with Gasteiger partial charge in [0, 0.05) is 17.8 Å². The number of halogens is 1. The predicted molar refractivity (Wildman–Crippen MR) is 50.6 cm³/mol. The number of H-pyrrole nitrogens is 1. The van der Waals surface area contributed by atoms with Gasteiger partial charge in [-0.05, 0) is 6.07 Å². The fourth-order valence-corrected chi connectivity index (χ4v) is 1.34. The minimum Gasteiger partial charge on any atom is -0.285 e. The van der Waals surface area contributed by atoms with Crippen molar-refractivity contribution in [2.24, 2.45) is 0 Å². The lowest BCUT2D eigenvalue weighted by Crippen LogP contribution is -1.93. The number of hydrogen-bond acceptors (Lipinski definition) is 3. The summed E-state index contributed by atoms with van der Waals surface area (Å²) in [6.45, 7) is 0. The number of nitrogens with zero attached hydrogens (tertiary/aromatic N) is 2. The molecule has 0 amide bonds. The molecule has 2 aromatic rings. The highest BCUT2D eigenvalue weighted by Crippen LogP contribution is 2.31. The molecule has 0 spiro atoms. The average molecular weight is 207 g/mol. The summed E-state index contributed by atoms with van der Waals surface area (Å²) in [6.07, 6.45) is 2.75. The van der Waals surface area contributed by atoms with Crippen LogP contribution in [0, 0.1) is 15.9 Å². The normalized spacial score (nSPS) is 10.2. The van der Waals surface area contributed by atoms with Crippen molar-refractivity contribution in [2.75, 3.05) is 0 Å². The monoisotopic (exact) mass is 207 g/mol. The molecule has 0 aliphatic heterocycles. The summed E-state index contributed by atoms with van der Waals surface area (Å²) >= 11 is 0. The smallest absolute Gasteiger partial charge is 0.280 e. The van der Waals surface area contributed by atoms with Crippen LogP contribution in [-0.4, -0.2) is 15.1 Å². The Balaban J connectivity index is 2.68. The van der Waals surface area contributed by atoms with E-state index in [1.54, 1.807) is 0 Å². The van der Waals surface area contributed by atoms with E-state index >= 15 is 0 Å². The van der Waals surface area contributed by atoms with Gasteiger partial charge < -0.3 is 0 Å². The number of nitro groups is 1. The topological polar surface area (TPSA) is 71.8 Å². The second kappa shape index (κ2) is 3.49. The Morgan fingerprint density at radius 2 is 2.27 bits per heavy atom. The van der Waals surface area contributed by atoms with Crippen LogP contribution < -0.4 is 0 Å². The zero-order valence-corrected chi connectivity index (χ0v) is 7.48. The highest BCUT2D eigenvalue weighted by Gasteiger charge is 2.19. The van der Waals surface area contributed by atoms with Gasteiger partial charge in [0.25, 0.3) is 5.69 Å². The minimum absolute atomic E-state index is 0.0451. The molecule has 76 valence electrons. The van der Waals surface area contributed by atoms with E-state index in [1.165, 1.54) is 30.6 Å². The fourth-order valence-electron chi connectivity index (χ4n) is 1.34. The van der Waals surface area contributed by atoms with Gasteiger partial charge >= 0.3 is 0 Å². The van der Waals surface area contributed by atoms with E-state index in [0.29, 0.717) is 5.56 Å². The molecule has 15 heavy (non-hydrogen) atoms. The largest absolute Gasteiger partial charge is 0.285 e. The lowest BCUT2D eigenvalue weighted by molar-refractivity contribution is -0.384. The first-order chi connectivity index (χ1) is 7.20. The van der Waals surface area contributed by atoms with E-state index in [2.05, 4.69) is 10.2 Å². The zero-order chi connectivity index (χ0) is 10.8. The maximum atomic E-state index is 13.4. The summed E-state index contributed by atoms with van der Waals surface area (Å²) in [5.74, 6) is -0.634. The van der Waals surface area contributed by atoms with Crippen LogP contribution in [0.4, 0.5) is 10.1 Å². The van der Waals surface area contributed by atoms with Crippen molar-refractivity contribution in [2.45, 2.75) is 0 Å². The molecule has 0 saturated heterocycles. The molecule has 6 heteroatoms. The summed E-state index contributed by atoms with van der Waals surface area (Å²) in [5.41, 5.74) is 0.0486. The Hall–Kier alpha value is -2.24. The highest BCUT2D eigenvalue weighted by atomic mass is 19.1. The Kier molecular flexibility index (Phi) is 2.17. The average Bonchev–Trinajstić information content (AvgIpc) is 2.70. The second-order valence-corrected chi connectivity index (χ2v) is 2.88. The predicted octanol–water partition coefficient (Wildman–Crippen LogP) is 2.12. The van der Waals surface area contributed by atoms with Crippen molar-refractivity contribution in [3.63, 3.8) is 0 Å². The number of aromatic amines is 1. The molecule has 2 rings (SSSR count). The Morgan fingerprint density at radius 1 is 1.47 bits per heavy atom. The van der Waals surface area contributed by atoms with Gasteiger partial charge in [-0.15, -0.1) is 0 Å². The molecule has 0 atom stereocenters. The van der Waals surface area contributed by atoms with Crippen LogP contribution in [0.25, 0.3) is 11.1 Å². The number of nitro benzene ring substituents is 1. The minimum atomic E-state index is -0.634. The van der Waals surface area contributed by atoms with E-state index in [9.17, 15) is 14.5 Å². The van der Waals surface area contributed by atoms with E-state index in [-0.39, 0.29) is 11.3 Å². The van der Waals surface area contributed by atoms with Gasteiger partial charge in [0.2, 0.25) is 0 Å². The summed E-state index contributed by atoms with van der Waals surface area (Å²) < 4.78 is 13.4. The van der Waals surface area contributed by atoms with Crippen molar-refractivity contribution in [3.8, 4) is 11.1 Å². The lowest BCUT2D eigenvalue weighted by Gasteiger charge is -2.00. The molecule has 0 aliphatic rings. The van der Waals surface area contributed by atoms with Crippen LogP contribution in [0.5, 0.6) is 0 Å². The molecular formula is C9H6FN3O2. The number of aromatic nitrogens is 2. The molecule has 0 aliphatic carbocycles. The zero-order valence-electron chi connectivity index (χ0n) is 7.48. The first-order valence-corrected chi connectivity index (χ1v) is 4.12. The Morgan fingerprint density at radius 3 is 2.87 bits per heavy atom. The van der Waals surface area contributed by atoms with Gasteiger partial charge in [-0.3, -0.25) is 15.2 Å². The van der Waals surface area contributed by atoms with Crippen molar-refractivity contribution < 1.29 is 9.31 Å².